The lowest BCUT2D eigenvalue weighted by Crippen LogP contribution is -2.32. The average Bonchev–Trinajstić information content (AvgIpc) is 2.28. The monoisotopic (exact) mass is 235 g/mol. The van der Waals surface area contributed by atoms with Crippen molar-refractivity contribution >= 4 is 5.78 Å². The van der Waals surface area contributed by atoms with Crippen molar-refractivity contribution in [3.63, 3.8) is 0 Å². The van der Waals surface area contributed by atoms with E-state index >= 15 is 0 Å². The third-order valence-corrected chi connectivity index (χ3v) is 2.93. The number of rotatable bonds is 5. The fourth-order valence-electron chi connectivity index (χ4n) is 1.52. The van der Waals surface area contributed by atoms with E-state index in [1.54, 1.807) is 7.11 Å². The SMILES string of the molecule is COc1cc(C)ccc1C(=O)CN(C)C(C)C. The second-order valence-electron chi connectivity index (χ2n) is 4.64. The number of nitrogens with zero attached hydrogens (tertiary/aromatic N) is 1. The van der Waals surface area contributed by atoms with E-state index < -0.39 is 0 Å². The first-order valence-corrected chi connectivity index (χ1v) is 5.83. The average molecular weight is 235 g/mol. The first kappa shape index (κ1) is 13.7. The van der Waals surface area contributed by atoms with Crippen LogP contribution in [0.4, 0.5) is 0 Å². The number of Topliss-reactive ketones (excluding diaryl/α,β-unsaturated/α-hetero) is 1. The predicted molar refractivity (Wildman–Crippen MR) is 69.8 cm³/mol. The van der Waals surface area contributed by atoms with Crippen LogP contribution in [0.15, 0.2) is 18.2 Å². The maximum Gasteiger partial charge on any atom is 0.180 e. The topological polar surface area (TPSA) is 29.5 Å². The second kappa shape index (κ2) is 5.82. The van der Waals surface area contributed by atoms with Gasteiger partial charge < -0.3 is 4.74 Å². The number of hydrogen-bond acceptors (Lipinski definition) is 3. The summed E-state index contributed by atoms with van der Waals surface area (Å²) in [5, 5.41) is 0. The standard InChI is InChI=1S/C14H21NO2/c1-10(2)15(4)9-13(16)12-7-6-11(3)8-14(12)17-5/h6-8,10H,9H2,1-5H3. The molecule has 1 rings (SSSR count). The maximum atomic E-state index is 12.1. The van der Waals surface area contributed by atoms with Crippen LogP contribution in [0.25, 0.3) is 0 Å². The molecule has 3 heteroatoms. The number of likely N-dealkylation sites (N-methyl/N-ethyl adjacent to an activating group) is 1. The lowest BCUT2D eigenvalue weighted by molar-refractivity contribution is 0.0926. The Kier molecular flexibility index (Phi) is 4.70. The predicted octanol–water partition coefficient (Wildman–Crippen LogP) is 2.53. The molecule has 0 unspecified atom stereocenters. The second-order valence-corrected chi connectivity index (χ2v) is 4.64. The largest absolute Gasteiger partial charge is 0.496 e. The van der Waals surface area contributed by atoms with E-state index in [4.69, 9.17) is 4.74 Å². The lowest BCUT2D eigenvalue weighted by Gasteiger charge is -2.20. The third kappa shape index (κ3) is 3.56. The molecule has 0 aliphatic carbocycles. The van der Waals surface area contributed by atoms with Crippen LogP contribution in [0.5, 0.6) is 5.75 Å². The third-order valence-electron chi connectivity index (χ3n) is 2.93. The fraction of sp³-hybridized carbons (Fsp3) is 0.500. The summed E-state index contributed by atoms with van der Waals surface area (Å²) in [7, 11) is 3.54. The Bertz CT molecular complexity index is 399. The quantitative estimate of drug-likeness (QED) is 0.734. The van der Waals surface area contributed by atoms with Gasteiger partial charge in [-0.2, -0.15) is 0 Å². The molecule has 17 heavy (non-hydrogen) atoms. The molecule has 0 aromatic heterocycles. The van der Waals surface area contributed by atoms with Crippen molar-refractivity contribution in [2.45, 2.75) is 26.8 Å². The van der Waals surface area contributed by atoms with Crippen molar-refractivity contribution in [1.29, 1.82) is 0 Å². The molecule has 0 N–H and O–H groups in total. The van der Waals surface area contributed by atoms with E-state index in [2.05, 4.69) is 13.8 Å². The number of hydrogen-bond donors (Lipinski definition) is 0. The molecule has 1 aromatic carbocycles. The molecule has 0 saturated carbocycles. The van der Waals surface area contributed by atoms with Gasteiger partial charge in [0.15, 0.2) is 5.78 Å². The molecule has 0 spiro atoms. The summed E-state index contributed by atoms with van der Waals surface area (Å²) < 4.78 is 5.25. The van der Waals surface area contributed by atoms with Crippen LogP contribution < -0.4 is 4.74 Å². The fourth-order valence-corrected chi connectivity index (χ4v) is 1.52. The van der Waals surface area contributed by atoms with Gasteiger partial charge in [0.1, 0.15) is 5.75 Å². The Balaban J connectivity index is 2.89. The van der Waals surface area contributed by atoms with E-state index in [0.717, 1.165) is 5.56 Å². The van der Waals surface area contributed by atoms with Crippen LogP contribution in [-0.4, -0.2) is 37.4 Å². The van der Waals surface area contributed by atoms with Crippen LogP contribution in [0.2, 0.25) is 0 Å². The number of ketones is 1. The smallest absolute Gasteiger partial charge is 0.180 e. The summed E-state index contributed by atoms with van der Waals surface area (Å²) >= 11 is 0. The van der Waals surface area contributed by atoms with Gasteiger partial charge in [0.05, 0.1) is 19.2 Å². The molecule has 0 radical (unpaired) electrons. The number of aryl methyl sites for hydroxylation is 1. The van der Waals surface area contributed by atoms with Gasteiger partial charge in [-0.25, -0.2) is 0 Å². The van der Waals surface area contributed by atoms with Gasteiger partial charge in [0.25, 0.3) is 0 Å². The Labute approximate surface area is 103 Å². The minimum absolute atomic E-state index is 0.0954. The first-order chi connectivity index (χ1) is 7.95. The van der Waals surface area contributed by atoms with E-state index in [9.17, 15) is 4.79 Å². The van der Waals surface area contributed by atoms with Crippen LogP contribution in [-0.2, 0) is 0 Å². The summed E-state index contributed by atoms with van der Waals surface area (Å²) in [6, 6.07) is 6.02. The number of carbonyl (C=O) groups is 1. The molecule has 3 nitrogen and oxygen atoms in total. The van der Waals surface area contributed by atoms with Gasteiger partial charge >= 0.3 is 0 Å². The van der Waals surface area contributed by atoms with Gasteiger partial charge in [-0.15, -0.1) is 0 Å². The minimum Gasteiger partial charge on any atom is -0.496 e. The van der Waals surface area contributed by atoms with Crippen molar-refractivity contribution in [1.82, 2.24) is 4.90 Å². The summed E-state index contributed by atoms with van der Waals surface area (Å²) in [4.78, 5) is 14.1. The van der Waals surface area contributed by atoms with Gasteiger partial charge in [-0.05, 0) is 45.5 Å². The summed E-state index contributed by atoms with van der Waals surface area (Å²) in [6.45, 7) is 6.54. The molecule has 94 valence electrons. The number of carbonyl (C=O) groups excluding carboxylic acids is 1. The molecular formula is C14H21NO2. The zero-order valence-electron chi connectivity index (χ0n) is 11.3. The maximum absolute atomic E-state index is 12.1. The van der Waals surface area contributed by atoms with E-state index in [0.29, 0.717) is 23.9 Å². The van der Waals surface area contributed by atoms with Gasteiger partial charge in [0.2, 0.25) is 0 Å². The number of methoxy groups -OCH3 is 1. The Morgan fingerprint density at radius 1 is 1.41 bits per heavy atom. The molecule has 1 aromatic rings. The van der Waals surface area contributed by atoms with Crippen LogP contribution in [0.3, 0.4) is 0 Å². The van der Waals surface area contributed by atoms with E-state index in [1.807, 2.05) is 37.1 Å². The molecule has 0 aliphatic heterocycles. The molecule has 0 bridgehead atoms. The van der Waals surface area contributed by atoms with E-state index in [1.165, 1.54) is 0 Å². The Morgan fingerprint density at radius 2 is 2.06 bits per heavy atom. The number of benzene rings is 1. The Morgan fingerprint density at radius 3 is 2.59 bits per heavy atom. The highest BCUT2D eigenvalue weighted by Crippen LogP contribution is 2.20. The summed E-state index contributed by atoms with van der Waals surface area (Å²) in [6.07, 6.45) is 0. The van der Waals surface area contributed by atoms with Crippen molar-refractivity contribution in [3.05, 3.63) is 29.3 Å². The van der Waals surface area contributed by atoms with E-state index in [-0.39, 0.29) is 5.78 Å². The molecule has 0 atom stereocenters. The molecular weight excluding hydrogens is 214 g/mol. The first-order valence-electron chi connectivity index (χ1n) is 5.83. The number of ether oxygens (including phenoxy) is 1. The molecule has 0 amide bonds. The highest BCUT2D eigenvalue weighted by atomic mass is 16.5. The van der Waals surface area contributed by atoms with Crippen molar-refractivity contribution in [2.24, 2.45) is 0 Å². The van der Waals surface area contributed by atoms with Crippen LogP contribution in [0, 0.1) is 6.92 Å². The normalized spacial score (nSPS) is 11.0. The molecule has 0 saturated heterocycles. The van der Waals surface area contributed by atoms with Crippen molar-refractivity contribution in [3.8, 4) is 5.75 Å². The zero-order chi connectivity index (χ0) is 13.0. The zero-order valence-corrected chi connectivity index (χ0v) is 11.3. The highest BCUT2D eigenvalue weighted by molar-refractivity contribution is 6.00. The van der Waals surface area contributed by atoms with Gasteiger partial charge in [0, 0.05) is 6.04 Å². The Hall–Kier alpha value is -1.35. The van der Waals surface area contributed by atoms with Gasteiger partial charge in [-0.1, -0.05) is 6.07 Å². The summed E-state index contributed by atoms with van der Waals surface area (Å²) in [5.41, 5.74) is 1.75. The van der Waals surface area contributed by atoms with Crippen molar-refractivity contribution < 1.29 is 9.53 Å². The lowest BCUT2D eigenvalue weighted by atomic mass is 10.1. The van der Waals surface area contributed by atoms with Crippen LogP contribution in [0.1, 0.15) is 29.8 Å². The molecule has 0 fully saturated rings. The van der Waals surface area contributed by atoms with Gasteiger partial charge in [-0.3, -0.25) is 9.69 Å². The van der Waals surface area contributed by atoms with Crippen molar-refractivity contribution in [2.75, 3.05) is 20.7 Å². The summed E-state index contributed by atoms with van der Waals surface area (Å²) in [5.74, 6) is 0.755. The molecule has 0 aliphatic rings. The molecule has 0 heterocycles. The minimum atomic E-state index is 0.0954. The highest BCUT2D eigenvalue weighted by Gasteiger charge is 2.15. The van der Waals surface area contributed by atoms with Crippen LogP contribution >= 0.6 is 0 Å².